The van der Waals surface area contributed by atoms with Crippen molar-refractivity contribution in [2.24, 2.45) is 5.92 Å². The average molecular weight is 394 g/mol. The van der Waals surface area contributed by atoms with Crippen molar-refractivity contribution in [1.82, 2.24) is 29.2 Å². The molecule has 3 aromatic heterocycles. The minimum absolute atomic E-state index is 0.0645. The summed E-state index contributed by atoms with van der Waals surface area (Å²) in [6.45, 7) is 6.27. The van der Waals surface area contributed by atoms with E-state index in [1.54, 1.807) is 18.6 Å². The molecule has 5 rings (SSSR count). The number of nitrogens with one attached hydrogen (secondary N) is 1. The van der Waals surface area contributed by atoms with Crippen molar-refractivity contribution in [3.05, 3.63) is 58.6 Å². The molecule has 2 saturated heterocycles. The van der Waals surface area contributed by atoms with Crippen LogP contribution in [0.3, 0.4) is 0 Å². The second kappa shape index (κ2) is 7.68. The molecule has 0 bridgehead atoms. The Morgan fingerprint density at radius 3 is 2.79 bits per heavy atom. The summed E-state index contributed by atoms with van der Waals surface area (Å²) < 4.78 is 7.54. The van der Waals surface area contributed by atoms with Crippen LogP contribution in [0.15, 0.2) is 35.6 Å². The van der Waals surface area contributed by atoms with Crippen LogP contribution in [0.5, 0.6) is 0 Å². The third-order valence-electron chi connectivity index (χ3n) is 6.23. The molecule has 5 heterocycles. The summed E-state index contributed by atoms with van der Waals surface area (Å²) in [5.74, 6) is 2.78. The molecule has 2 aliphatic heterocycles. The number of H-pyrrole nitrogens is 1. The van der Waals surface area contributed by atoms with E-state index in [1.807, 2.05) is 16.7 Å². The predicted molar refractivity (Wildman–Crippen MR) is 108 cm³/mol. The minimum Gasteiger partial charge on any atom is -0.381 e. The quantitative estimate of drug-likeness (QED) is 0.728. The lowest BCUT2D eigenvalue weighted by Gasteiger charge is -2.20. The minimum atomic E-state index is -0.0645. The smallest absolute Gasteiger partial charge is 0.274 e. The highest BCUT2D eigenvalue weighted by Crippen LogP contribution is 2.36. The Kier molecular flexibility index (Phi) is 4.89. The molecule has 0 spiro atoms. The molecule has 29 heavy (non-hydrogen) atoms. The number of fused-ring (bicyclic) bond motifs is 1. The zero-order valence-corrected chi connectivity index (χ0v) is 16.6. The van der Waals surface area contributed by atoms with Gasteiger partial charge in [-0.1, -0.05) is 6.92 Å². The van der Waals surface area contributed by atoms with Crippen LogP contribution < -0.4 is 5.56 Å². The molecular weight excluding hydrogens is 368 g/mol. The average Bonchev–Trinajstić information content (AvgIpc) is 3.30. The topological polar surface area (TPSA) is 88.4 Å². The van der Waals surface area contributed by atoms with Crippen molar-refractivity contribution >= 4 is 5.52 Å². The molecule has 0 aliphatic carbocycles. The first-order chi connectivity index (χ1) is 14.2. The molecule has 8 nitrogen and oxygen atoms in total. The number of aromatic amines is 1. The summed E-state index contributed by atoms with van der Waals surface area (Å²) in [4.78, 5) is 31.8. The molecular formula is C21H26N6O2. The summed E-state index contributed by atoms with van der Waals surface area (Å²) in [6, 6.07) is 1.83. The maximum Gasteiger partial charge on any atom is 0.274 e. The van der Waals surface area contributed by atoms with Gasteiger partial charge in [-0.15, -0.1) is 0 Å². The molecule has 0 radical (unpaired) electrons. The van der Waals surface area contributed by atoms with Gasteiger partial charge in [0.2, 0.25) is 0 Å². The highest BCUT2D eigenvalue weighted by atomic mass is 16.5. The summed E-state index contributed by atoms with van der Waals surface area (Å²) in [6.07, 6.45) is 9.10. The lowest BCUT2D eigenvalue weighted by Crippen LogP contribution is -2.21. The predicted octanol–water partition coefficient (Wildman–Crippen LogP) is 1.94. The first-order valence-electron chi connectivity index (χ1n) is 10.4. The Bertz CT molecular complexity index is 1040. The Morgan fingerprint density at radius 2 is 2.00 bits per heavy atom. The largest absolute Gasteiger partial charge is 0.381 e. The molecule has 2 atom stereocenters. The van der Waals surface area contributed by atoms with E-state index in [0.717, 1.165) is 63.0 Å². The number of rotatable bonds is 4. The van der Waals surface area contributed by atoms with E-state index in [4.69, 9.17) is 9.72 Å². The van der Waals surface area contributed by atoms with Crippen LogP contribution in [-0.2, 0) is 11.3 Å². The van der Waals surface area contributed by atoms with Gasteiger partial charge in [0.15, 0.2) is 0 Å². The summed E-state index contributed by atoms with van der Waals surface area (Å²) in [5, 5.41) is 0. The summed E-state index contributed by atoms with van der Waals surface area (Å²) in [5.41, 5.74) is 1.56. The molecule has 3 aromatic rings. The van der Waals surface area contributed by atoms with Gasteiger partial charge in [0.1, 0.15) is 17.2 Å². The Morgan fingerprint density at radius 1 is 1.21 bits per heavy atom. The SMILES string of the molecule is C[C@H]1CN(Cc2ncccn2)C[C@@H]1c1nc(C2CCOCC2)n2cc[nH]c(=O)c12. The summed E-state index contributed by atoms with van der Waals surface area (Å²) in [7, 11) is 0. The highest BCUT2D eigenvalue weighted by Gasteiger charge is 2.36. The molecule has 0 aromatic carbocycles. The fourth-order valence-corrected chi connectivity index (χ4v) is 4.77. The maximum atomic E-state index is 12.8. The monoisotopic (exact) mass is 394 g/mol. The van der Waals surface area contributed by atoms with E-state index >= 15 is 0 Å². The van der Waals surface area contributed by atoms with Crippen molar-refractivity contribution in [2.45, 2.75) is 38.1 Å². The second-order valence-electron chi connectivity index (χ2n) is 8.19. The number of hydrogen-bond acceptors (Lipinski definition) is 6. The zero-order chi connectivity index (χ0) is 19.8. The number of ether oxygens (including phenoxy) is 1. The Hall–Kier alpha value is -2.58. The van der Waals surface area contributed by atoms with Crippen LogP contribution in [0.4, 0.5) is 0 Å². The van der Waals surface area contributed by atoms with Gasteiger partial charge in [0.25, 0.3) is 5.56 Å². The Labute approximate surface area is 169 Å². The number of nitrogens with zero attached hydrogens (tertiary/aromatic N) is 5. The number of imidazole rings is 1. The van der Waals surface area contributed by atoms with Gasteiger partial charge in [-0.2, -0.15) is 0 Å². The lowest BCUT2D eigenvalue weighted by molar-refractivity contribution is 0.0834. The van der Waals surface area contributed by atoms with Crippen molar-refractivity contribution in [3.8, 4) is 0 Å². The lowest BCUT2D eigenvalue weighted by atomic mass is 9.94. The van der Waals surface area contributed by atoms with E-state index in [2.05, 4.69) is 26.8 Å². The number of likely N-dealkylation sites (tertiary alicyclic amines) is 1. The molecule has 0 unspecified atom stereocenters. The Balaban J connectivity index is 1.48. The molecule has 1 N–H and O–H groups in total. The van der Waals surface area contributed by atoms with Gasteiger partial charge in [-0.05, 0) is 24.8 Å². The molecule has 2 aliphatic rings. The summed E-state index contributed by atoms with van der Waals surface area (Å²) >= 11 is 0. The van der Waals surface area contributed by atoms with Crippen molar-refractivity contribution < 1.29 is 4.74 Å². The van der Waals surface area contributed by atoms with Gasteiger partial charge >= 0.3 is 0 Å². The molecule has 152 valence electrons. The van der Waals surface area contributed by atoms with E-state index in [1.165, 1.54) is 0 Å². The van der Waals surface area contributed by atoms with Crippen LogP contribution in [0, 0.1) is 5.92 Å². The van der Waals surface area contributed by atoms with E-state index in [0.29, 0.717) is 17.4 Å². The molecule has 2 fully saturated rings. The van der Waals surface area contributed by atoms with Gasteiger partial charge in [0, 0.05) is 62.9 Å². The van der Waals surface area contributed by atoms with Crippen LogP contribution in [0.1, 0.15) is 48.9 Å². The van der Waals surface area contributed by atoms with Crippen molar-refractivity contribution in [1.29, 1.82) is 0 Å². The van der Waals surface area contributed by atoms with Gasteiger partial charge in [-0.25, -0.2) is 15.0 Å². The number of aromatic nitrogens is 5. The van der Waals surface area contributed by atoms with Gasteiger partial charge < -0.3 is 9.72 Å². The first-order valence-corrected chi connectivity index (χ1v) is 10.4. The third kappa shape index (κ3) is 3.47. The van der Waals surface area contributed by atoms with Crippen molar-refractivity contribution in [3.63, 3.8) is 0 Å². The van der Waals surface area contributed by atoms with E-state index in [9.17, 15) is 4.79 Å². The number of hydrogen-bond donors (Lipinski definition) is 1. The fourth-order valence-electron chi connectivity index (χ4n) is 4.77. The van der Waals surface area contributed by atoms with Crippen LogP contribution in [0.2, 0.25) is 0 Å². The zero-order valence-electron chi connectivity index (χ0n) is 16.6. The maximum absolute atomic E-state index is 12.8. The standard InChI is InChI=1S/C21H26N6O2/c1-14-11-26(13-17-22-5-2-6-23-17)12-16(14)18-19-21(28)24-7-8-27(19)20(25-18)15-3-9-29-10-4-15/h2,5-8,14-16H,3-4,9-13H2,1H3,(H,24,28)/t14-,16-/m0/s1. The van der Waals surface area contributed by atoms with Gasteiger partial charge in [0.05, 0.1) is 12.2 Å². The van der Waals surface area contributed by atoms with Crippen LogP contribution in [0.25, 0.3) is 5.52 Å². The van der Waals surface area contributed by atoms with E-state index < -0.39 is 0 Å². The van der Waals surface area contributed by atoms with Crippen molar-refractivity contribution in [2.75, 3.05) is 26.3 Å². The normalized spacial score (nSPS) is 23.8. The molecule has 0 saturated carbocycles. The molecule has 8 heteroatoms. The second-order valence-corrected chi connectivity index (χ2v) is 8.19. The van der Waals surface area contributed by atoms with Crippen LogP contribution in [-0.4, -0.2) is 55.5 Å². The van der Waals surface area contributed by atoms with Gasteiger partial charge in [-0.3, -0.25) is 14.1 Å². The first kappa shape index (κ1) is 18.4. The van der Waals surface area contributed by atoms with E-state index in [-0.39, 0.29) is 11.5 Å². The van der Waals surface area contributed by atoms with Crippen LogP contribution >= 0.6 is 0 Å². The molecule has 0 amide bonds. The highest BCUT2D eigenvalue weighted by molar-refractivity contribution is 5.54. The third-order valence-corrected chi connectivity index (χ3v) is 6.23. The fraction of sp³-hybridized carbons (Fsp3) is 0.524.